The van der Waals surface area contributed by atoms with Crippen LogP contribution in [0.3, 0.4) is 0 Å². The average molecular weight is 425 g/mol. The summed E-state index contributed by atoms with van der Waals surface area (Å²) < 4.78 is 0. The number of nitrogens with two attached hydrogens (primary N) is 1. The summed E-state index contributed by atoms with van der Waals surface area (Å²) >= 11 is 0. The van der Waals surface area contributed by atoms with E-state index in [1.807, 2.05) is 17.0 Å². The molecule has 0 aromatic heterocycles. The van der Waals surface area contributed by atoms with Crippen molar-refractivity contribution < 1.29 is 9.59 Å². The Kier molecular flexibility index (Phi) is 5.67. The first kappa shape index (κ1) is 20.8. The fourth-order valence-electron chi connectivity index (χ4n) is 6.09. The van der Waals surface area contributed by atoms with Gasteiger partial charge in [0.05, 0.1) is 0 Å². The molecule has 6 nitrogen and oxygen atoms in total. The summed E-state index contributed by atoms with van der Waals surface area (Å²) in [6, 6.07) is 7.98. The van der Waals surface area contributed by atoms with Gasteiger partial charge in [-0.05, 0) is 74.6 Å². The highest BCUT2D eigenvalue weighted by Crippen LogP contribution is 2.53. The van der Waals surface area contributed by atoms with Gasteiger partial charge in [-0.15, -0.1) is 0 Å². The van der Waals surface area contributed by atoms with Crippen LogP contribution in [0.1, 0.15) is 61.7 Å². The Morgan fingerprint density at radius 2 is 1.55 bits per heavy atom. The maximum atomic E-state index is 13.1. The zero-order valence-electron chi connectivity index (χ0n) is 18.6. The van der Waals surface area contributed by atoms with Gasteiger partial charge in [0, 0.05) is 62.5 Å². The van der Waals surface area contributed by atoms with Crippen LogP contribution >= 0.6 is 0 Å². The first-order valence-electron chi connectivity index (χ1n) is 12.2. The maximum Gasteiger partial charge on any atom is 0.253 e. The molecule has 0 bridgehead atoms. The molecule has 6 heteroatoms. The number of nitrogens with zero attached hydrogens (tertiary/aromatic N) is 3. The second-order valence-electron chi connectivity index (χ2n) is 10.3. The van der Waals surface area contributed by atoms with E-state index in [-0.39, 0.29) is 17.2 Å². The van der Waals surface area contributed by atoms with Crippen LogP contribution in [0, 0.1) is 11.3 Å². The Labute approximate surface area is 185 Å². The summed E-state index contributed by atoms with van der Waals surface area (Å²) in [4.78, 5) is 32.6. The van der Waals surface area contributed by atoms with E-state index in [9.17, 15) is 9.59 Å². The molecule has 4 aliphatic rings. The zero-order valence-corrected chi connectivity index (χ0v) is 18.6. The molecule has 2 saturated carbocycles. The van der Waals surface area contributed by atoms with Gasteiger partial charge in [-0.25, -0.2) is 0 Å². The SMILES string of the molecule is Nc1ccc(C(=O)N2CCC3(CC2)CC(C(=O)N2CCCN(C4CCC4)CC2)C3)cc1. The Balaban J connectivity index is 1.09. The Hall–Kier alpha value is -2.08. The van der Waals surface area contributed by atoms with Crippen LogP contribution in [0.2, 0.25) is 0 Å². The van der Waals surface area contributed by atoms with E-state index in [0.29, 0.717) is 17.2 Å². The van der Waals surface area contributed by atoms with E-state index in [4.69, 9.17) is 5.73 Å². The molecular formula is C25H36N4O2. The number of carbonyl (C=O) groups is 2. The third-order valence-electron chi connectivity index (χ3n) is 8.41. The normalized spacial score (nSPS) is 25.0. The average Bonchev–Trinajstić information content (AvgIpc) is 2.97. The molecule has 5 rings (SSSR count). The molecule has 0 atom stereocenters. The van der Waals surface area contributed by atoms with Crippen LogP contribution in [-0.4, -0.2) is 71.8 Å². The van der Waals surface area contributed by atoms with Crippen LogP contribution in [0.15, 0.2) is 24.3 Å². The van der Waals surface area contributed by atoms with Gasteiger partial charge in [0.15, 0.2) is 0 Å². The van der Waals surface area contributed by atoms with Gasteiger partial charge in [0.1, 0.15) is 0 Å². The summed E-state index contributed by atoms with van der Waals surface area (Å²) in [6.07, 6.45) is 9.24. The van der Waals surface area contributed by atoms with Crippen molar-refractivity contribution in [3.05, 3.63) is 29.8 Å². The summed E-state index contributed by atoms with van der Waals surface area (Å²) in [5.74, 6) is 0.693. The fourth-order valence-corrected chi connectivity index (χ4v) is 6.09. The van der Waals surface area contributed by atoms with Crippen LogP contribution in [-0.2, 0) is 4.79 Å². The molecule has 31 heavy (non-hydrogen) atoms. The number of rotatable bonds is 3. The fraction of sp³-hybridized carbons (Fsp3) is 0.680. The molecule has 1 aromatic rings. The number of hydrogen-bond donors (Lipinski definition) is 1. The zero-order chi connectivity index (χ0) is 21.4. The lowest BCUT2D eigenvalue weighted by Gasteiger charge is -2.52. The molecule has 2 saturated heterocycles. The van der Waals surface area contributed by atoms with Crippen LogP contribution in [0.5, 0.6) is 0 Å². The summed E-state index contributed by atoms with van der Waals surface area (Å²) in [5, 5.41) is 0. The third-order valence-corrected chi connectivity index (χ3v) is 8.41. The highest BCUT2D eigenvalue weighted by atomic mass is 16.2. The van der Waals surface area contributed by atoms with E-state index in [0.717, 1.165) is 77.4 Å². The molecule has 1 aromatic carbocycles. The van der Waals surface area contributed by atoms with Crippen LogP contribution in [0.25, 0.3) is 0 Å². The van der Waals surface area contributed by atoms with Crippen molar-refractivity contribution >= 4 is 17.5 Å². The highest BCUT2D eigenvalue weighted by Gasteiger charge is 2.49. The molecular weight excluding hydrogens is 388 g/mol. The largest absolute Gasteiger partial charge is 0.399 e. The number of carbonyl (C=O) groups excluding carboxylic acids is 2. The van der Waals surface area contributed by atoms with E-state index in [1.54, 1.807) is 12.1 Å². The molecule has 1 spiro atoms. The number of benzene rings is 1. The smallest absolute Gasteiger partial charge is 0.253 e. The van der Waals surface area contributed by atoms with Crippen molar-refractivity contribution in [3.8, 4) is 0 Å². The Bertz CT molecular complexity index is 803. The minimum atomic E-state index is 0.0994. The van der Waals surface area contributed by atoms with Gasteiger partial charge in [0.25, 0.3) is 5.91 Å². The predicted molar refractivity (Wildman–Crippen MR) is 122 cm³/mol. The van der Waals surface area contributed by atoms with Crippen LogP contribution in [0.4, 0.5) is 5.69 Å². The number of hydrogen-bond acceptors (Lipinski definition) is 4. The summed E-state index contributed by atoms with van der Waals surface area (Å²) in [7, 11) is 0. The standard InChI is InChI=1S/C25H36N4O2/c26-21-7-5-19(6-8-21)23(30)29-13-9-25(10-14-29)17-20(18-25)24(31)28-12-2-11-27(15-16-28)22-3-1-4-22/h5-8,20,22H,1-4,9-18,26H2. The van der Waals surface area contributed by atoms with Gasteiger partial charge in [0.2, 0.25) is 5.91 Å². The number of anilines is 1. The van der Waals surface area contributed by atoms with Crippen LogP contribution < -0.4 is 5.73 Å². The molecule has 2 amide bonds. The van der Waals surface area contributed by atoms with E-state index in [1.165, 1.54) is 19.3 Å². The van der Waals surface area contributed by atoms with E-state index < -0.39 is 0 Å². The quantitative estimate of drug-likeness (QED) is 0.758. The molecule has 4 fully saturated rings. The lowest BCUT2D eigenvalue weighted by molar-refractivity contribution is -0.145. The Morgan fingerprint density at radius 1 is 0.839 bits per heavy atom. The maximum absolute atomic E-state index is 13.1. The van der Waals surface area contributed by atoms with Gasteiger partial charge >= 0.3 is 0 Å². The third kappa shape index (κ3) is 4.19. The molecule has 2 N–H and O–H groups in total. The lowest BCUT2D eigenvalue weighted by atomic mass is 9.57. The monoisotopic (exact) mass is 424 g/mol. The number of piperidine rings is 1. The van der Waals surface area contributed by atoms with Crippen molar-refractivity contribution in [1.82, 2.24) is 14.7 Å². The van der Waals surface area contributed by atoms with Crippen molar-refractivity contribution in [2.24, 2.45) is 11.3 Å². The summed E-state index contributed by atoms with van der Waals surface area (Å²) in [5.41, 5.74) is 7.41. The minimum Gasteiger partial charge on any atom is -0.399 e. The van der Waals surface area contributed by atoms with Gasteiger partial charge in [-0.2, -0.15) is 0 Å². The number of likely N-dealkylation sites (tertiary alicyclic amines) is 1. The van der Waals surface area contributed by atoms with Gasteiger partial charge in [-0.1, -0.05) is 6.42 Å². The topological polar surface area (TPSA) is 69.9 Å². The van der Waals surface area contributed by atoms with Crippen molar-refractivity contribution in [1.29, 1.82) is 0 Å². The van der Waals surface area contributed by atoms with Crippen molar-refractivity contribution in [2.45, 2.75) is 57.4 Å². The second-order valence-corrected chi connectivity index (χ2v) is 10.3. The number of nitrogen functional groups attached to an aromatic ring is 1. The first-order chi connectivity index (χ1) is 15.0. The summed E-state index contributed by atoms with van der Waals surface area (Å²) in [6.45, 7) is 5.63. The predicted octanol–water partition coefficient (Wildman–Crippen LogP) is 2.99. The van der Waals surface area contributed by atoms with E-state index in [2.05, 4.69) is 9.80 Å². The minimum absolute atomic E-state index is 0.0994. The highest BCUT2D eigenvalue weighted by molar-refractivity contribution is 5.94. The molecule has 2 heterocycles. The molecule has 2 aliphatic heterocycles. The molecule has 168 valence electrons. The Morgan fingerprint density at radius 3 is 2.19 bits per heavy atom. The van der Waals surface area contributed by atoms with E-state index >= 15 is 0 Å². The lowest BCUT2D eigenvalue weighted by Crippen LogP contribution is -2.53. The molecule has 2 aliphatic carbocycles. The first-order valence-corrected chi connectivity index (χ1v) is 12.2. The number of amides is 2. The van der Waals surface area contributed by atoms with Crippen molar-refractivity contribution in [2.75, 3.05) is 45.0 Å². The van der Waals surface area contributed by atoms with Gasteiger partial charge < -0.3 is 15.5 Å². The second kappa shape index (κ2) is 8.45. The molecule has 0 unspecified atom stereocenters. The van der Waals surface area contributed by atoms with Crippen molar-refractivity contribution in [3.63, 3.8) is 0 Å². The van der Waals surface area contributed by atoms with Gasteiger partial charge in [-0.3, -0.25) is 14.5 Å². The molecule has 0 radical (unpaired) electrons.